The van der Waals surface area contributed by atoms with Gasteiger partial charge in [-0.3, -0.25) is 9.78 Å². The number of nitrogens with zero attached hydrogens (tertiary/aromatic N) is 5. The molecule has 1 aliphatic heterocycles. The van der Waals surface area contributed by atoms with Crippen LogP contribution in [0, 0.1) is 5.82 Å². The zero-order valence-corrected chi connectivity index (χ0v) is 12.0. The van der Waals surface area contributed by atoms with E-state index in [1.165, 1.54) is 12.3 Å². The zero-order chi connectivity index (χ0) is 15.4. The maximum Gasteiger partial charge on any atom is 0.255 e. The van der Waals surface area contributed by atoms with Crippen LogP contribution in [0.3, 0.4) is 0 Å². The van der Waals surface area contributed by atoms with E-state index < -0.39 is 5.82 Å². The third-order valence-electron chi connectivity index (χ3n) is 3.57. The number of amides is 1. The molecule has 0 aromatic carbocycles. The molecule has 0 radical (unpaired) electrons. The third kappa shape index (κ3) is 3.19. The van der Waals surface area contributed by atoms with Crippen molar-refractivity contribution in [2.75, 3.05) is 31.1 Å². The van der Waals surface area contributed by atoms with Crippen molar-refractivity contribution in [1.82, 2.24) is 19.9 Å². The number of rotatable bonds is 2. The van der Waals surface area contributed by atoms with Crippen LogP contribution >= 0.6 is 0 Å². The summed E-state index contributed by atoms with van der Waals surface area (Å²) in [6, 6.07) is 2.99. The summed E-state index contributed by atoms with van der Waals surface area (Å²) in [5.74, 6) is -0.0213. The summed E-state index contributed by atoms with van der Waals surface area (Å²) in [6.07, 6.45) is 6.71. The van der Waals surface area contributed by atoms with E-state index in [1.807, 2.05) is 0 Å². The maximum absolute atomic E-state index is 13.2. The SMILES string of the molecule is O=C(c1cncc(F)c1)N1CCCN(c2ncccn2)CC1. The lowest BCUT2D eigenvalue weighted by atomic mass is 10.2. The molecule has 0 atom stereocenters. The molecule has 22 heavy (non-hydrogen) atoms. The van der Waals surface area contributed by atoms with Crippen molar-refractivity contribution in [3.8, 4) is 0 Å². The van der Waals surface area contributed by atoms with E-state index in [0.29, 0.717) is 25.6 Å². The van der Waals surface area contributed by atoms with Crippen LogP contribution in [0.5, 0.6) is 0 Å². The third-order valence-corrected chi connectivity index (χ3v) is 3.57. The van der Waals surface area contributed by atoms with Gasteiger partial charge in [0.25, 0.3) is 5.91 Å². The van der Waals surface area contributed by atoms with Crippen LogP contribution in [0.2, 0.25) is 0 Å². The number of carbonyl (C=O) groups is 1. The molecule has 1 fully saturated rings. The van der Waals surface area contributed by atoms with Crippen molar-refractivity contribution < 1.29 is 9.18 Å². The minimum absolute atomic E-state index is 0.192. The Morgan fingerprint density at radius 2 is 1.91 bits per heavy atom. The average Bonchev–Trinajstić information content (AvgIpc) is 2.81. The van der Waals surface area contributed by atoms with Crippen molar-refractivity contribution in [1.29, 1.82) is 0 Å². The molecule has 6 nitrogen and oxygen atoms in total. The van der Waals surface area contributed by atoms with Crippen molar-refractivity contribution >= 4 is 11.9 Å². The Balaban J connectivity index is 1.69. The summed E-state index contributed by atoms with van der Waals surface area (Å²) in [5, 5.41) is 0. The Bertz CT molecular complexity index is 651. The molecular formula is C15H16FN5O. The molecule has 2 aromatic heterocycles. The van der Waals surface area contributed by atoms with Crippen molar-refractivity contribution in [3.63, 3.8) is 0 Å². The second-order valence-corrected chi connectivity index (χ2v) is 5.07. The second-order valence-electron chi connectivity index (χ2n) is 5.07. The summed E-state index contributed by atoms with van der Waals surface area (Å²) < 4.78 is 13.2. The highest BCUT2D eigenvalue weighted by atomic mass is 19.1. The molecule has 7 heteroatoms. The molecule has 2 aromatic rings. The van der Waals surface area contributed by atoms with Crippen LogP contribution in [-0.4, -0.2) is 51.9 Å². The largest absolute Gasteiger partial charge is 0.339 e. The van der Waals surface area contributed by atoms with Gasteiger partial charge in [0.05, 0.1) is 11.8 Å². The summed E-state index contributed by atoms with van der Waals surface area (Å²) in [7, 11) is 0. The zero-order valence-electron chi connectivity index (χ0n) is 12.0. The van der Waals surface area contributed by atoms with Gasteiger partial charge in [0.1, 0.15) is 5.82 Å². The number of anilines is 1. The number of halogens is 1. The normalized spacial score (nSPS) is 15.5. The molecule has 0 unspecified atom stereocenters. The fourth-order valence-corrected chi connectivity index (χ4v) is 2.49. The quantitative estimate of drug-likeness (QED) is 0.838. The lowest BCUT2D eigenvalue weighted by Gasteiger charge is -2.22. The van der Waals surface area contributed by atoms with Gasteiger partial charge in [0.15, 0.2) is 0 Å². The predicted molar refractivity (Wildman–Crippen MR) is 79.0 cm³/mol. The molecule has 0 N–H and O–H groups in total. The highest BCUT2D eigenvalue weighted by Crippen LogP contribution is 2.13. The molecular weight excluding hydrogens is 285 g/mol. The Labute approximate surface area is 127 Å². The highest BCUT2D eigenvalue weighted by molar-refractivity contribution is 5.94. The number of aromatic nitrogens is 3. The van der Waals surface area contributed by atoms with E-state index >= 15 is 0 Å². The molecule has 1 saturated heterocycles. The lowest BCUT2D eigenvalue weighted by Crippen LogP contribution is -2.35. The summed E-state index contributed by atoms with van der Waals surface area (Å²) in [5.41, 5.74) is 0.282. The van der Waals surface area contributed by atoms with Crippen LogP contribution in [0.15, 0.2) is 36.9 Å². The van der Waals surface area contributed by atoms with Crippen LogP contribution in [0.4, 0.5) is 10.3 Å². The van der Waals surface area contributed by atoms with E-state index in [2.05, 4.69) is 19.9 Å². The first-order valence-corrected chi connectivity index (χ1v) is 7.16. The molecule has 0 saturated carbocycles. The van der Waals surface area contributed by atoms with Crippen LogP contribution < -0.4 is 4.90 Å². The van der Waals surface area contributed by atoms with Crippen LogP contribution in [0.1, 0.15) is 16.8 Å². The van der Waals surface area contributed by atoms with Gasteiger partial charge in [-0.1, -0.05) is 0 Å². The predicted octanol–water partition coefficient (Wildman–Crippen LogP) is 1.36. The molecule has 0 aliphatic carbocycles. The smallest absolute Gasteiger partial charge is 0.255 e. The summed E-state index contributed by atoms with van der Waals surface area (Å²) in [4.78, 5) is 28.4. The van der Waals surface area contributed by atoms with Crippen molar-refractivity contribution in [3.05, 3.63) is 48.3 Å². The van der Waals surface area contributed by atoms with Gasteiger partial charge < -0.3 is 9.80 Å². The van der Waals surface area contributed by atoms with Gasteiger partial charge in [-0.25, -0.2) is 14.4 Å². The second kappa shape index (κ2) is 6.46. The van der Waals surface area contributed by atoms with Gasteiger partial charge >= 0.3 is 0 Å². The number of pyridine rings is 1. The molecule has 0 spiro atoms. The van der Waals surface area contributed by atoms with Gasteiger partial charge in [0.2, 0.25) is 5.95 Å². The summed E-state index contributed by atoms with van der Waals surface area (Å²) in [6.45, 7) is 2.61. The molecule has 0 bridgehead atoms. The van der Waals surface area contributed by atoms with E-state index in [1.54, 1.807) is 23.4 Å². The minimum atomic E-state index is -0.500. The Morgan fingerprint density at radius 3 is 2.68 bits per heavy atom. The van der Waals surface area contributed by atoms with Crippen molar-refractivity contribution in [2.24, 2.45) is 0 Å². The van der Waals surface area contributed by atoms with Gasteiger partial charge in [-0.15, -0.1) is 0 Å². The lowest BCUT2D eigenvalue weighted by molar-refractivity contribution is 0.0766. The number of carbonyl (C=O) groups excluding carboxylic acids is 1. The fourth-order valence-electron chi connectivity index (χ4n) is 2.49. The summed E-state index contributed by atoms with van der Waals surface area (Å²) >= 11 is 0. The number of hydrogen-bond acceptors (Lipinski definition) is 5. The van der Waals surface area contributed by atoms with E-state index in [4.69, 9.17) is 0 Å². The van der Waals surface area contributed by atoms with E-state index in [9.17, 15) is 9.18 Å². The van der Waals surface area contributed by atoms with Crippen molar-refractivity contribution in [2.45, 2.75) is 6.42 Å². The monoisotopic (exact) mass is 301 g/mol. The van der Waals surface area contributed by atoms with E-state index in [-0.39, 0.29) is 11.5 Å². The molecule has 1 aliphatic rings. The molecule has 3 rings (SSSR count). The van der Waals surface area contributed by atoms with Gasteiger partial charge in [-0.2, -0.15) is 0 Å². The van der Waals surface area contributed by atoms with Gasteiger partial charge in [0, 0.05) is 44.8 Å². The molecule has 114 valence electrons. The Hall–Kier alpha value is -2.57. The first-order chi connectivity index (χ1) is 10.7. The standard InChI is InChI=1S/C15H16FN5O/c16-13-9-12(10-17-11-13)14(22)20-5-2-6-21(8-7-20)15-18-3-1-4-19-15/h1,3-4,9-11H,2,5-8H2. The Kier molecular flexibility index (Phi) is 4.22. The Morgan fingerprint density at radius 1 is 1.09 bits per heavy atom. The first-order valence-electron chi connectivity index (χ1n) is 7.16. The first kappa shape index (κ1) is 14.4. The number of hydrogen-bond donors (Lipinski definition) is 0. The van der Waals surface area contributed by atoms with E-state index in [0.717, 1.165) is 19.2 Å². The molecule has 3 heterocycles. The maximum atomic E-state index is 13.2. The van der Waals surface area contributed by atoms with Crippen LogP contribution in [0.25, 0.3) is 0 Å². The highest BCUT2D eigenvalue weighted by Gasteiger charge is 2.21. The van der Waals surface area contributed by atoms with Crippen LogP contribution in [-0.2, 0) is 0 Å². The topological polar surface area (TPSA) is 62.2 Å². The minimum Gasteiger partial charge on any atom is -0.339 e. The molecule has 1 amide bonds. The fraction of sp³-hybridized carbons (Fsp3) is 0.333. The van der Waals surface area contributed by atoms with Gasteiger partial charge in [-0.05, 0) is 18.6 Å². The average molecular weight is 301 g/mol.